The lowest BCUT2D eigenvalue weighted by molar-refractivity contribution is 0.0926. The number of aromatic nitrogens is 1. The summed E-state index contributed by atoms with van der Waals surface area (Å²) in [4.78, 5) is 36.0. The molecule has 0 bridgehead atoms. The Morgan fingerprint density at radius 2 is 0.938 bits per heavy atom. The Morgan fingerprint density at radius 1 is 0.438 bits per heavy atom. The number of carbonyl (C=O) groups excluding carboxylic acids is 2. The van der Waals surface area contributed by atoms with Crippen molar-refractivity contribution in [3.63, 3.8) is 0 Å². The SMILES string of the molecule is [C-]#[N+]c1cccc(-c2cccc3c2c2c(-c4cccc(C#N)c4)cccc2n3-c2cccc3c2C(=O)N(c2c(-c4ccccc4)cc(-c4ccccc4)cc2-c2ccccc2)C3=O)c1. The molecule has 1 aromatic heterocycles. The van der Waals surface area contributed by atoms with Crippen molar-refractivity contribution < 1.29 is 9.59 Å². The predicted octanol–water partition coefficient (Wildman–Crippen LogP) is 14.3. The summed E-state index contributed by atoms with van der Waals surface area (Å²) in [6.07, 6.45) is 0. The maximum atomic E-state index is 15.7. The van der Waals surface area contributed by atoms with E-state index in [0.29, 0.717) is 33.8 Å². The van der Waals surface area contributed by atoms with Crippen LogP contribution in [0.15, 0.2) is 206 Å². The number of benzene rings is 9. The van der Waals surface area contributed by atoms with E-state index in [1.54, 1.807) is 18.2 Å². The van der Waals surface area contributed by atoms with Gasteiger partial charge in [0.15, 0.2) is 5.69 Å². The van der Waals surface area contributed by atoms with Gasteiger partial charge in [-0.2, -0.15) is 5.26 Å². The fourth-order valence-corrected chi connectivity index (χ4v) is 9.35. The number of hydrogen-bond donors (Lipinski definition) is 0. The van der Waals surface area contributed by atoms with Crippen LogP contribution in [0.25, 0.3) is 88.0 Å². The molecule has 0 radical (unpaired) electrons. The second kappa shape index (κ2) is 15.4. The molecule has 0 unspecified atom stereocenters. The van der Waals surface area contributed by atoms with Gasteiger partial charge in [-0.3, -0.25) is 9.59 Å². The lowest BCUT2D eigenvalue weighted by atomic mass is 9.90. The number of rotatable bonds is 7. The van der Waals surface area contributed by atoms with E-state index in [2.05, 4.69) is 51.9 Å². The van der Waals surface area contributed by atoms with Crippen LogP contribution >= 0.6 is 0 Å². The highest BCUT2D eigenvalue weighted by molar-refractivity contribution is 6.37. The van der Waals surface area contributed by atoms with E-state index in [0.717, 1.165) is 77.4 Å². The molecule has 0 fully saturated rings. The van der Waals surface area contributed by atoms with Gasteiger partial charge < -0.3 is 4.57 Å². The highest BCUT2D eigenvalue weighted by atomic mass is 16.2. The summed E-state index contributed by atoms with van der Waals surface area (Å²) in [6, 6.07) is 69.2. The number of amides is 2. The van der Waals surface area contributed by atoms with E-state index in [4.69, 9.17) is 6.57 Å². The van der Waals surface area contributed by atoms with E-state index in [9.17, 15) is 5.26 Å². The highest BCUT2D eigenvalue weighted by Gasteiger charge is 2.42. The first-order valence-corrected chi connectivity index (χ1v) is 20.9. The van der Waals surface area contributed by atoms with Crippen LogP contribution in [0.1, 0.15) is 26.3 Å². The summed E-state index contributed by atoms with van der Waals surface area (Å²) in [5.41, 5.74) is 13.1. The summed E-state index contributed by atoms with van der Waals surface area (Å²) in [6.45, 7) is 7.79. The van der Waals surface area contributed by atoms with E-state index >= 15 is 9.59 Å². The maximum Gasteiger partial charge on any atom is 0.268 e. The Balaban J connectivity index is 1.19. The first-order valence-electron chi connectivity index (χ1n) is 20.9. The third-order valence-corrected chi connectivity index (χ3v) is 12.1. The number of fused-ring (bicyclic) bond motifs is 4. The van der Waals surface area contributed by atoms with Crippen molar-refractivity contribution >= 4 is 45.0 Å². The number of anilines is 1. The van der Waals surface area contributed by atoms with E-state index < -0.39 is 11.8 Å². The van der Waals surface area contributed by atoms with Crippen molar-refractivity contribution in [2.75, 3.05) is 4.90 Å². The molecule has 2 heterocycles. The minimum Gasteiger partial charge on any atom is -0.308 e. The van der Waals surface area contributed by atoms with Crippen LogP contribution in [0.4, 0.5) is 11.4 Å². The lowest BCUT2D eigenvalue weighted by Crippen LogP contribution is -2.30. The molecule has 0 atom stereocenters. The van der Waals surface area contributed by atoms with Gasteiger partial charge in [-0.1, -0.05) is 152 Å². The largest absolute Gasteiger partial charge is 0.308 e. The Labute approximate surface area is 369 Å². The van der Waals surface area contributed by atoms with Gasteiger partial charge in [0.2, 0.25) is 0 Å². The quantitative estimate of drug-likeness (QED) is 0.119. The first-order chi connectivity index (χ1) is 31.5. The molecule has 0 saturated heterocycles. The fraction of sp³-hybridized carbons (Fsp3) is 0. The highest BCUT2D eigenvalue weighted by Crippen LogP contribution is 2.48. The standard InChI is InChI=1S/C58H34N4O2/c1-60-44-25-12-24-42(33-44)46-27-14-30-51-54(46)53-45(41-23-11-16-37(32-41)36-59)26-13-29-50(53)61(51)52-31-15-28-47-55(52)58(64)62(57(47)63)56-48(39-19-7-3-8-20-39)34-43(38-17-5-2-6-18-38)35-49(56)40-21-9-4-10-22-40/h2-35H. The molecule has 1 aliphatic rings. The van der Waals surface area contributed by atoms with Crippen LogP contribution in [0.2, 0.25) is 0 Å². The van der Waals surface area contributed by atoms with Crippen molar-refractivity contribution in [2.45, 2.75) is 0 Å². The summed E-state index contributed by atoms with van der Waals surface area (Å²) in [5.74, 6) is -0.832. The summed E-state index contributed by atoms with van der Waals surface area (Å²) in [5, 5.41) is 11.7. The van der Waals surface area contributed by atoms with Crippen LogP contribution in [0, 0.1) is 17.9 Å². The summed E-state index contributed by atoms with van der Waals surface area (Å²) < 4.78 is 2.09. The molecule has 0 aliphatic carbocycles. The Morgan fingerprint density at radius 3 is 1.52 bits per heavy atom. The first kappa shape index (κ1) is 37.9. The van der Waals surface area contributed by atoms with Gasteiger partial charge in [0.25, 0.3) is 11.8 Å². The van der Waals surface area contributed by atoms with Crippen LogP contribution < -0.4 is 4.90 Å². The van der Waals surface area contributed by atoms with E-state index in [-0.39, 0.29) is 0 Å². The molecule has 9 aromatic carbocycles. The molecule has 6 heteroatoms. The van der Waals surface area contributed by atoms with Crippen LogP contribution in [0.5, 0.6) is 0 Å². The normalized spacial score (nSPS) is 12.1. The molecular formula is C58H34N4O2. The maximum absolute atomic E-state index is 15.7. The molecule has 298 valence electrons. The van der Waals surface area contributed by atoms with E-state index in [1.165, 1.54) is 4.90 Å². The van der Waals surface area contributed by atoms with Crippen LogP contribution in [-0.4, -0.2) is 16.4 Å². The van der Waals surface area contributed by atoms with Crippen LogP contribution in [-0.2, 0) is 0 Å². The van der Waals surface area contributed by atoms with Gasteiger partial charge in [0.1, 0.15) is 0 Å². The minimum absolute atomic E-state index is 0.300. The van der Waals surface area contributed by atoms with Gasteiger partial charge in [-0.25, -0.2) is 9.74 Å². The van der Waals surface area contributed by atoms with Gasteiger partial charge in [0.05, 0.1) is 51.7 Å². The number of imide groups is 1. The Bertz CT molecular complexity index is 3440. The van der Waals surface area contributed by atoms with Gasteiger partial charge >= 0.3 is 0 Å². The lowest BCUT2D eigenvalue weighted by Gasteiger charge is -2.24. The van der Waals surface area contributed by atoms with Gasteiger partial charge in [-0.15, -0.1) is 0 Å². The molecule has 1 aliphatic heterocycles. The zero-order chi connectivity index (χ0) is 43.3. The number of nitriles is 1. The average Bonchev–Trinajstić information content (AvgIpc) is 3.84. The molecule has 2 amide bonds. The van der Waals surface area contributed by atoms with Gasteiger partial charge in [-0.05, 0) is 99.1 Å². The number of carbonyl (C=O) groups is 2. The minimum atomic E-state index is -0.425. The van der Waals surface area contributed by atoms with Crippen molar-refractivity contribution in [3.8, 4) is 67.4 Å². The second-order valence-corrected chi connectivity index (χ2v) is 15.8. The molecular weight excluding hydrogens is 785 g/mol. The molecule has 6 nitrogen and oxygen atoms in total. The van der Waals surface area contributed by atoms with Crippen LogP contribution in [0.3, 0.4) is 0 Å². The molecule has 64 heavy (non-hydrogen) atoms. The fourth-order valence-electron chi connectivity index (χ4n) is 9.35. The van der Waals surface area contributed by atoms with Crippen molar-refractivity contribution in [3.05, 3.63) is 234 Å². The van der Waals surface area contributed by atoms with E-state index in [1.807, 2.05) is 152 Å². The molecule has 10 aromatic rings. The predicted molar refractivity (Wildman–Crippen MR) is 257 cm³/mol. The molecule has 11 rings (SSSR count). The number of hydrogen-bond acceptors (Lipinski definition) is 3. The smallest absolute Gasteiger partial charge is 0.268 e. The number of nitrogens with zero attached hydrogens (tertiary/aromatic N) is 4. The zero-order valence-corrected chi connectivity index (χ0v) is 34.2. The Kier molecular flexibility index (Phi) is 9.12. The average molecular weight is 819 g/mol. The monoisotopic (exact) mass is 818 g/mol. The molecule has 0 N–H and O–H groups in total. The van der Waals surface area contributed by atoms with Crippen molar-refractivity contribution in [1.29, 1.82) is 5.26 Å². The Hall–Kier alpha value is -9.10. The summed E-state index contributed by atoms with van der Waals surface area (Å²) >= 11 is 0. The summed E-state index contributed by atoms with van der Waals surface area (Å²) in [7, 11) is 0. The van der Waals surface area contributed by atoms with Gasteiger partial charge in [0, 0.05) is 21.9 Å². The molecule has 0 spiro atoms. The second-order valence-electron chi connectivity index (χ2n) is 15.8. The third kappa shape index (κ3) is 6.10. The molecule has 0 saturated carbocycles. The zero-order valence-electron chi connectivity index (χ0n) is 34.2. The van der Waals surface area contributed by atoms with Crippen molar-refractivity contribution in [2.24, 2.45) is 0 Å². The third-order valence-electron chi connectivity index (χ3n) is 12.1. The topological polar surface area (TPSA) is 70.5 Å². The van der Waals surface area contributed by atoms with Crippen molar-refractivity contribution in [1.82, 2.24) is 4.57 Å².